The average molecular weight is 574 g/mol. The second kappa shape index (κ2) is 10.7. The molecule has 38 heavy (non-hydrogen) atoms. The third-order valence-electron chi connectivity index (χ3n) is 4.03. The van der Waals surface area contributed by atoms with Crippen LogP contribution in [-0.2, 0) is 31.3 Å². The number of esters is 2. The molecule has 0 fully saturated rings. The predicted molar refractivity (Wildman–Crippen MR) is 90.7 cm³/mol. The molecule has 0 amide bonds. The lowest BCUT2D eigenvalue weighted by Crippen LogP contribution is -2.26. The largest absolute Gasteiger partial charge is 0.434 e. The number of hydrogen-bond donors (Lipinski definition) is 0. The molecular weight excluding hydrogens is 570 g/mol. The van der Waals surface area contributed by atoms with E-state index in [0.29, 0.717) is 0 Å². The average Bonchev–Trinajstić information content (AvgIpc) is 2.80. The van der Waals surface area contributed by atoms with Gasteiger partial charge in [0.2, 0.25) is 11.6 Å². The summed E-state index contributed by atoms with van der Waals surface area (Å²) in [4.78, 5) is 22.7. The zero-order valence-corrected chi connectivity index (χ0v) is 17.2. The minimum Gasteiger partial charge on any atom is -0.394 e. The maximum absolute atomic E-state index is 13.8. The highest BCUT2D eigenvalue weighted by atomic mass is 19.3. The summed E-state index contributed by atoms with van der Waals surface area (Å²) in [6.07, 6.45) is -10.7. The number of halogens is 14. The summed E-state index contributed by atoms with van der Waals surface area (Å²) in [7, 11) is 0. The maximum Gasteiger partial charge on any atom is 0.434 e. The van der Waals surface area contributed by atoms with Gasteiger partial charge >= 0.3 is 24.2 Å². The summed E-state index contributed by atoms with van der Waals surface area (Å²) >= 11 is 0. The molecule has 0 saturated heterocycles. The quantitative estimate of drug-likeness (QED) is 0.101. The Kier molecular flexibility index (Phi) is 8.48. The van der Waals surface area contributed by atoms with Gasteiger partial charge in [0.05, 0.1) is 0 Å². The lowest BCUT2D eigenvalue weighted by Gasteiger charge is -2.18. The highest BCUT2D eigenvalue weighted by Gasteiger charge is 2.47. The highest BCUT2D eigenvalue weighted by Crippen LogP contribution is 2.38. The van der Waals surface area contributed by atoms with Gasteiger partial charge in [0.25, 0.3) is 0 Å². The fourth-order valence-corrected chi connectivity index (χ4v) is 2.41. The van der Waals surface area contributed by atoms with Crippen molar-refractivity contribution in [2.75, 3.05) is 0 Å². The number of alkyl halides is 4. The van der Waals surface area contributed by atoms with Crippen molar-refractivity contribution in [2.45, 2.75) is 12.2 Å². The van der Waals surface area contributed by atoms with Gasteiger partial charge in [-0.3, -0.25) is 0 Å². The first kappa shape index (κ1) is 30.1. The molecule has 0 atom stereocenters. The Morgan fingerprint density at radius 2 is 0.658 bits per heavy atom. The van der Waals surface area contributed by atoms with Crippen LogP contribution in [0.3, 0.4) is 0 Å². The molecule has 0 saturated carbocycles. The van der Waals surface area contributed by atoms with Gasteiger partial charge in [-0.1, -0.05) is 12.2 Å². The molecule has 2 aromatic carbocycles. The Balaban J connectivity index is 2.15. The molecular formula is C20H4F14O4. The van der Waals surface area contributed by atoms with E-state index in [1.807, 2.05) is 0 Å². The molecule has 0 heterocycles. The number of carbonyl (C=O) groups is 2. The van der Waals surface area contributed by atoms with Gasteiger partial charge in [0.1, 0.15) is 11.1 Å². The summed E-state index contributed by atoms with van der Waals surface area (Å²) in [5.41, 5.74) is -5.68. The van der Waals surface area contributed by atoms with Crippen molar-refractivity contribution in [1.29, 1.82) is 0 Å². The van der Waals surface area contributed by atoms with Gasteiger partial charge in [-0.25, -0.2) is 53.5 Å². The zero-order chi connectivity index (χ0) is 29.3. The van der Waals surface area contributed by atoms with Gasteiger partial charge in [-0.05, 0) is 0 Å². The van der Waals surface area contributed by atoms with E-state index in [4.69, 9.17) is 0 Å². The summed E-state index contributed by atoms with van der Waals surface area (Å²) < 4.78 is 194. The monoisotopic (exact) mass is 574 g/mol. The fourth-order valence-electron chi connectivity index (χ4n) is 2.41. The normalized spacial score (nSPS) is 12.5. The Labute approximate surface area is 199 Å². The molecule has 0 aromatic heterocycles. The number of benzene rings is 2. The van der Waals surface area contributed by atoms with Crippen molar-refractivity contribution in [3.05, 3.63) is 93.6 Å². The second-order valence-corrected chi connectivity index (χ2v) is 6.48. The maximum atomic E-state index is 13.8. The summed E-state index contributed by atoms with van der Waals surface area (Å²) in [6, 6.07) is 0. The third-order valence-corrected chi connectivity index (χ3v) is 4.03. The van der Waals surface area contributed by atoms with E-state index in [1.54, 1.807) is 0 Å². The molecule has 0 aliphatic carbocycles. The van der Waals surface area contributed by atoms with Crippen LogP contribution >= 0.6 is 0 Å². The molecule has 0 radical (unpaired) electrons. The van der Waals surface area contributed by atoms with Crippen molar-refractivity contribution < 1.29 is 80.5 Å². The van der Waals surface area contributed by atoms with E-state index in [1.165, 1.54) is 0 Å². The number of carbonyl (C=O) groups excluding carboxylic acids is 2. The molecule has 18 heteroatoms. The molecule has 4 nitrogen and oxygen atoms in total. The van der Waals surface area contributed by atoms with Gasteiger partial charge in [-0.15, -0.1) is 0 Å². The van der Waals surface area contributed by atoms with Gasteiger partial charge in [0, 0.05) is 12.2 Å². The summed E-state index contributed by atoms with van der Waals surface area (Å²) in [5.74, 6) is -33.5. The second-order valence-electron chi connectivity index (χ2n) is 6.48. The van der Waals surface area contributed by atoms with Crippen LogP contribution < -0.4 is 0 Å². The third kappa shape index (κ3) is 5.72. The molecule has 0 unspecified atom stereocenters. The summed E-state index contributed by atoms with van der Waals surface area (Å²) in [5, 5.41) is 0. The van der Waals surface area contributed by atoms with Crippen molar-refractivity contribution in [2.24, 2.45) is 0 Å². The molecule has 206 valence electrons. The smallest absolute Gasteiger partial charge is 0.394 e. The topological polar surface area (TPSA) is 52.6 Å². The van der Waals surface area contributed by atoms with E-state index in [9.17, 15) is 71.1 Å². The molecule has 0 bridgehead atoms. The summed E-state index contributed by atoms with van der Waals surface area (Å²) in [6.45, 7) is 0. The predicted octanol–water partition coefficient (Wildman–Crippen LogP) is 6.08. The van der Waals surface area contributed by atoms with Crippen molar-refractivity contribution in [1.82, 2.24) is 0 Å². The lowest BCUT2D eigenvalue weighted by atomic mass is 10.1. The van der Waals surface area contributed by atoms with Crippen LogP contribution in [0.5, 0.6) is 0 Å². The first-order valence-electron chi connectivity index (χ1n) is 8.95. The van der Waals surface area contributed by atoms with E-state index >= 15 is 0 Å². The van der Waals surface area contributed by atoms with E-state index in [0.717, 1.165) is 0 Å². The van der Waals surface area contributed by atoms with E-state index in [2.05, 4.69) is 9.47 Å². The first-order chi connectivity index (χ1) is 17.3. The highest BCUT2D eigenvalue weighted by molar-refractivity contribution is 5.84. The van der Waals surface area contributed by atoms with Crippen LogP contribution in [-0.4, -0.2) is 11.9 Å². The van der Waals surface area contributed by atoms with Crippen LogP contribution in [0, 0.1) is 58.2 Å². The van der Waals surface area contributed by atoms with Gasteiger partial charge in [0.15, 0.2) is 46.5 Å². The van der Waals surface area contributed by atoms with Crippen LogP contribution in [0.15, 0.2) is 24.3 Å². The Bertz CT molecular complexity index is 1200. The van der Waals surface area contributed by atoms with Crippen LogP contribution in [0.1, 0.15) is 11.1 Å². The number of hydrogen-bond acceptors (Lipinski definition) is 4. The van der Waals surface area contributed by atoms with E-state index < -0.39 is 93.5 Å². The number of ether oxygens (including phenoxy) is 2. The Morgan fingerprint density at radius 1 is 0.447 bits per heavy atom. The minimum absolute atomic E-state index is 0.105. The Hall–Kier alpha value is -4.12. The zero-order valence-electron chi connectivity index (χ0n) is 17.2. The van der Waals surface area contributed by atoms with Crippen molar-refractivity contribution in [3.8, 4) is 0 Å². The van der Waals surface area contributed by atoms with Crippen LogP contribution in [0.4, 0.5) is 61.5 Å². The lowest BCUT2D eigenvalue weighted by molar-refractivity contribution is -0.240. The Morgan fingerprint density at radius 3 is 0.895 bits per heavy atom. The first-order valence-corrected chi connectivity index (χ1v) is 8.95. The molecule has 0 aliphatic rings. The molecule has 2 aromatic rings. The SMILES string of the molecule is O=C(/C=C/C=C/C(=O)OC(F)(F)c1c(F)c(F)c(F)c(F)c1F)OC(F)(F)c1c(F)c(F)c(F)c(F)c1F. The van der Waals surface area contributed by atoms with Crippen LogP contribution in [0.25, 0.3) is 0 Å². The van der Waals surface area contributed by atoms with Crippen LogP contribution in [0.2, 0.25) is 0 Å². The molecule has 0 spiro atoms. The van der Waals surface area contributed by atoms with Crippen molar-refractivity contribution in [3.63, 3.8) is 0 Å². The minimum atomic E-state index is -5.45. The van der Waals surface area contributed by atoms with Crippen molar-refractivity contribution >= 4 is 11.9 Å². The molecule has 2 rings (SSSR count). The number of allylic oxidation sites excluding steroid dienone is 2. The van der Waals surface area contributed by atoms with E-state index in [-0.39, 0.29) is 24.3 Å². The number of rotatable bonds is 7. The standard InChI is InChI=1S/C20H4F14O4/c21-9-7(10(22)14(26)17(29)13(9)25)19(31,32)37-5(35)3-1-2-4-6(36)38-20(33,34)8-11(23)15(27)18(30)16(28)12(8)24/h1-4H/b3-1+,4-2+. The fraction of sp³-hybridized carbons (Fsp3) is 0.100. The van der Waals surface area contributed by atoms with Gasteiger partial charge in [-0.2, -0.15) is 17.6 Å². The van der Waals surface area contributed by atoms with Gasteiger partial charge < -0.3 is 9.47 Å². The molecule has 0 N–H and O–H groups in total. The molecule has 0 aliphatic heterocycles.